The maximum absolute atomic E-state index is 12.7. The van der Waals surface area contributed by atoms with Gasteiger partial charge in [0, 0.05) is 10.5 Å². The number of carbonyl (C=O) groups is 4. The number of hydrogen-bond donors (Lipinski definition) is 2. The van der Waals surface area contributed by atoms with Gasteiger partial charge in [0.1, 0.15) is 12.3 Å². The summed E-state index contributed by atoms with van der Waals surface area (Å²) in [5.74, 6) is -5.20. The van der Waals surface area contributed by atoms with Crippen LogP contribution in [0.15, 0.2) is 47.4 Å². The molecule has 2 aromatic rings. The van der Waals surface area contributed by atoms with E-state index in [-0.39, 0.29) is 5.56 Å². The Balaban J connectivity index is 1.86. The van der Waals surface area contributed by atoms with Crippen LogP contribution in [-0.2, 0) is 14.4 Å². The monoisotopic (exact) mass is 439 g/mol. The van der Waals surface area contributed by atoms with Crippen molar-refractivity contribution in [2.75, 3.05) is 6.54 Å². The summed E-state index contributed by atoms with van der Waals surface area (Å²) in [4.78, 5) is 47.9. The lowest BCUT2D eigenvalue weighted by Crippen LogP contribution is -2.42. The number of carboxylic acids is 1. The Labute approximate surface area is 171 Å². The standard InChI is InChI=1S/C19H12F3NO6S/c20-19(21,22)29-11-4-1-9(2-5-11)10-3-6-13-12(7-10)16(26)15(18(28)30-13)17(27)23-8-14(24)25/h1-7,15H,8H2,(H,23,27)(H,24,25). The fourth-order valence-electron chi connectivity index (χ4n) is 2.76. The fourth-order valence-corrected chi connectivity index (χ4v) is 3.72. The van der Waals surface area contributed by atoms with Gasteiger partial charge in [0.05, 0.1) is 0 Å². The van der Waals surface area contributed by atoms with Crippen LogP contribution in [0, 0.1) is 5.92 Å². The van der Waals surface area contributed by atoms with Crippen LogP contribution in [0.25, 0.3) is 11.1 Å². The van der Waals surface area contributed by atoms with Crippen LogP contribution >= 0.6 is 11.8 Å². The Bertz CT molecular complexity index is 1040. The number of hydrogen-bond acceptors (Lipinski definition) is 6. The molecule has 156 valence electrons. The van der Waals surface area contributed by atoms with Crippen LogP contribution in [-0.4, -0.2) is 40.8 Å². The van der Waals surface area contributed by atoms with Gasteiger partial charge in [-0.25, -0.2) is 0 Å². The van der Waals surface area contributed by atoms with E-state index in [1.165, 1.54) is 24.3 Å². The average molecular weight is 439 g/mol. The molecule has 0 spiro atoms. The summed E-state index contributed by atoms with van der Waals surface area (Å²) in [7, 11) is 0. The van der Waals surface area contributed by atoms with Gasteiger partial charge in [0.15, 0.2) is 11.7 Å². The van der Waals surface area contributed by atoms with Crippen molar-refractivity contribution in [2.24, 2.45) is 5.92 Å². The quantitative estimate of drug-likeness (QED) is 0.690. The second-order valence-electron chi connectivity index (χ2n) is 6.11. The summed E-state index contributed by atoms with van der Waals surface area (Å²) in [6.45, 7) is -0.736. The molecule has 1 aliphatic heterocycles. The van der Waals surface area contributed by atoms with Crippen molar-refractivity contribution < 1.29 is 42.2 Å². The Morgan fingerprint density at radius 2 is 1.70 bits per heavy atom. The molecule has 1 aliphatic rings. The van der Waals surface area contributed by atoms with E-state index < -0.39 is 47.3 Å². The molecule has 2 aromatic carbocycles. The number of alkyl halides is 3. The fraction of sp³-hybridized carbons (Fsp3) is 0.158. The number of ether oxygens (including phenoxy) is 1. The first-order valence-corrected chi connectivity index (χ1v) is 9.12. The van der Waals surface area contributed by atoms with Crippen molar-refractivity contribution in [1.29, 1.82) is 0 Å². The Kier molecular flexibility index (Phi) is 5.83. The SMILES string of the molecule is O=C(O)CNC(=O)C1C(=O)Sc2ccc(-c3ccc(OC(F)(F)F)cc3)cc2C1=O. The zero-order valence-electron chi connectivity index (χ0n) is 14.9. The summed E-state index contributed by atoms with van der Waals surface area (Å²) in [6, 6.07) is 9.47. The molecule has 3 rings (SSSR count). The van der Waals surface area contributed by atoms with Crippen LogP contribution in [0.4, 0.5) is 13.2 Å². The first-order valence-electron chi connectivity index (χ1n) is 8.31. The van der Waals surface area contributed by atoms with E-state index >= 15 is 0 Å². The number of nitrogens with one attached hydrogen (secondary N) is 1. The number of aliphatic carboxylic acids is 1. The molecule has 0 aromatic heterocycles. The van der Waals surface area contributed by atoms with Gasteiger partial charge in [-0.15, -0.1) is 13.2 Å². The molecule has 1 heterocycles. The maximum atomic E-state index is 12.7. The van der Waals surface area contributed by atoms with Gasteiger partial charge in [-0.2, -0.15) is 0 Å². The van der Waals surface area contributed by atoms with E-state index in [0.717, 1.165) is 12.1 Å². The molecule has 0 radical (unpaired) electrons. The molecule has 0 fully saturated rings. The number of rotatable bonds is 5. The lowest BCUT2D eigenvalue weighted by Gasteiger charge is -2.21. The van der Waals surface area contributed by atoms with Crippen LogP contribution in [0.2, 0.25) is 0 Å². The second kappa shape index (κ2) is 8.19. The van der Waals surface area contributed by atoms with Crippen LogP contribution in [0.3, 0.4) is 0 Å². The molecule has 1 atom stereocenters. The summed E-state index contributed by atoms with van der Waals surface area (Å²) < 4.78 is 40.6. The molecule has 1 unspecified atom stereocenters. The predicted octanol–water partition coefficient (Wildman–Crippen LogP) is 2.88. The summed E-state index contributed by atoms with van der Waals surface area (Å²) in [5, 5.41) is 9.92. The number of halogens is 3. The minimum atomic E-state index is -4.82. The molecule has 0 saturated heterocycles. The third kappa shape index (κ3) is 4.79. The van der Waals surface area contributed by atoms with Gasteiger partial charge >= 0.3 is 12.3 Å². The number of Topliss-reactive ketones (excluding diaryl/α,β-unsaturated/α-hetero) is 1. The minimum absolute atomic E-state index is 0.0863. The Hall–Kier alpha value is -3.34. The van der Waals surface area contributed by atoms with E-state index in [1.54, 1.807) is 6.07 Å². The third-order valence-electron chi connectivity index (χ3n) is 4.05. The minimum Gasteiger partial charge on any atom is -0.480 e. The average Bonchev–Trinajstić information content (AvgIpc) is 2.65. The molecule has 0 aliphatic carbocycles. The number of carboxylic acid groups (broad SMARTS) is 1. The van der Waals surface area contributed by atoms with E-state index in [4.69, 9.17) is 5.11 Å². The van der Waals surface area contributed by atoms with Crippen molar-refractivity contribution in [3.63, 3.8) is 0 Å². The first-order chi connectivity index (χ1) is 14.0. The highest BCUT2D eigenvalue weighted by Gasteiger charge is 2.40. The zero-order valence-corrected chi connectivity index (χ0v) is 15.7. The Morgan fingerprint density at radius 1 is 1.07 bits per heavy atom. The van der Waals surface area contributed by atoms with Crippen LogP contribution in [0.1, 0.15) is 10.4 Å². The maximum Gasteiger partial charge on any atom is 0.573 e. The number of carbonyl (C=O) groups excluding carboxylic acids is 3. The van der Waals surface area contributed by atoms with Gasteiger partial charge in [-0.1, -0.05) is 18.2 Å². The molecule has 2 N–H and O–H groups in total. The van der Waals surface area contributed by atoms with Gasteiger partial charge in [0.2, 0.25) is 11.0 Å². The summed E-state index contributed by atoms with van der Waals surface area (Å²) in [5.41, 5.74) is 1.04. The zero-order chi connectivity index (χ0) is 22.1. The largest absolute Gasteiger partial charge is 0.573 e. The van der Waals surface area contributed by atoms with E-state index in [0.29, 0.717) is 27.8 Å². The van der Waals surface area contributed by atoms with Crippen LogP contribution in [0.5, 0.6) is 5.75 Å². The van der Waals surface area contributed by atoms with Crippen molar-refractivity contribution in [1.82, 2.24) is 5.32 Å². The number of thioether (sulfide) groups is 1. The Morgan fingerprint density at radius 3 is 2.30 bits per heavy atom. The van der Waals surface area contributed by atoms with Gasteiger partial charge in [-0.05, 0) is 47.2 Å². The van der Waals surface area contributed by atoms with Gasteiger partial charge in [0.25, 0.3) is 0 Å². The highest BCUT2D eigenvalue weighted by Crippen LogP contribution is 2.37. The first kappa shape index (κ1) is 21.4. The molecular formula is C19H12F3NO6S. The lowest BCUT2D eigenvalue weighted by atomic mass is 9.94. The van der Waals surface area contributed by atoms with E-state index in [9.17, 15) is 32.3 Å². The number of ketones is 1. The molecule has 0 bridgehead atoms. The van der Waals surface area contributed by atoms with Gasteiger partial charge in [-0.3, -0.25) is 19.2 Å². The summed E-state index contributed by atoms with van der Waals surface area (Å²) in [6.07, 6.45) is -4.82. The summed E-state index contributed by atoms with van der Waals surface area (Å²) >= 11 is 0.686. The van der Waals surface area contributed by atoms with Gasteiger partial charge < -0.3 is 15.2 Å². The van der Waals surface area contributed by atoms with Crippen molar-refractivity contribution in [2.45, 2.75) is 11.3 Å². The van der Waals surface area contributed by atoms with Crippen molar-refractivity contribution in [3.05, 3.63) is 48.0 Å². The molecule has 0 saturated carbocycles. The van der Waals surface area contributed by atoms with Crippen LogP contribution < -0.4 is 10.1 Å². The highest BCUT2D eigenvalue weighted by molar-refractivity contribution is 8.14. The topological polar surface area (TPSA) is 110 Å². The smallest absolute Gasteiger partial charge is 0.480 e. The van der Waals surface area contributed by atoms with E-state index in [1.807, 2.05) is 5.32 Å². The number of amides is 1. The number of fused-ring (bicyclic) bond motifs is 1. The number of benzene rings is 2. The van der Waals surface area contributed by atoms with E-state index in [2.05, 4.69) is 4.74 Å². The molecule has 1 amide bonds. The molecular weight excluding hydrogens is 427 g/mol. The molecule has 7 nitrogen and oxygen atoms in total. The predicted molar refractivity (Wildman–Crippen MR) is 97.9 cm³/mol. The highest BCUT2D eigenvalue weighted by atomic mass is 32.2. The third-order valence-corrected chi connectivity index (χ3v) is 5.06. The lowest BCUT2D eigenvalue weighted by molar-refractivity contribution is -0.274. The normalized spacial score (nSPS) is 16.0. The van der Waals surface area contributed by atoms with Crippen molar-refractivity contribution in [3.8, 4) is 16.9 Å². The van der Waals surface area contributed by atoms with Crippen molar-refractivity contribution >= 4 is 34.5 Å². The molecule has 30 heavy (non-hydrogen) atoms. The molecule has 11 heteroatoms. The second-order valence-corrected chi connectivity index (χ2v) is 7.16.